The topological polar surface area (TPSA) is 84.5 Å². The molecule has 0 unspecified atom stereocenters. The molecule has 0 aliphatic rings. The zero-order valence-corrected chi connectivity index (χ0v) is 18.7. The van der Waals surface area contributed by atoms with E-state index < -0.39 is 33.4 Å². The Morgan fingerprint density at radius 3 is 2.45 bits per heavy atom. The van der Waals surface area contributed by atoms with Gasteiger partial charge in [0, 0.05) is 17.7 Å². The minimum atomic E-state index is -4.68. The molecule has 6 nitrogen and oxygen atoms in total. The number of benzene rings is 3. The fraction of sp³-hybridized carbons (Fsp3) is 0.136. The highest BCUT2D eigenvalue weighted by Crippen LogP contribution is 2.34. The standard InChI is InChI=1S/C22H18ClF3N2O4S/c1-32-20-8-3-2-5-15(20)13-27-21(29)14-6-4-7-17(11-14)33(30,31)28-19-12-16(22(24,25)26)9-10-18(19)23/h2-12,28H,13H2,1H3,(H,27,29). The lowest BCUT2D eigenvalue weighted by molar-refractivity contribution is -0.137. The van der Waals surface area contributed by atoms with Crippen LogP contribution in [0.2, 0.25) is 5.02 Å². The summed E-state index contributed by atoms with van der Waals surface area (Å²) in [6, 6.07) is 14.4. The van der Waals surface area contributed by atoms with Crippen LogP contribution in [-0.4, -0.2) is 21.4 Å². The lowest BCUT2D eigenvalue weighted by atomic mass is 10.2. The molecule has 33 heavy (non-hydrogen) atoms. The van der Waals surface area contributed by atoms with Crippen molar-refractivity contribution in [3.8, 4) is 5.75 Å². The van der Waals surface area contributed by atoms with Gasteiger partial charge in [0.15, 0.2) is 0 Å². The largest absolute Gasteiger partial charge is 0.496 e. The molecule has 0 radical (unpaired) electrons. The van der Waals surface area contributed by atoms with Gasteiger partial charge in [-0.05, 0) is 42.5 Å². The van der Waals surface area contributed by atoms with E-state index in [-0.39, 0.29) is 22.0 Å². The molecule has 0 bridgehead atoms. The number of ether oxygens (including phenoxy) is 1. The van der Waals surface area contributed by atoms with Crippen molar-refractivity contribution in [1.82, 2.24) is 5.32 Å². The molecule has 1 amide bonds. The number of alkyl halides is 3. The predicted octanol–water partition coefficient (Wildman–Crippen LogP) is 5.10. The summed E-state index contributed by atoms with van der Waals surface area (Å²) in [5, 5.41) is 2.46. The quantitative estimate of drug-likeness (QED) is 0.475. The molecule has 0 saturated heterocycles. The molecule has 3 rings (SSSR count). The van der Waals surface area contributed by atoms with E-state index in [1.54, 1.807) is 24.3 Å². The van der Waals surface area contributed by atoms with Crippen molar-refractivity contribution >= 4 is 33.2 Å². The Hall–Kier alpha value is -3.24. The smallest absolute Gasteiger partial charge is 0.416 e. The van der Waals surface area contributed by atoms with Gasteiger partial charge in [0.1, 0.15) is 5.75 Å². The van der Waals surface area contributed by atoms with Crippen molar-refractivity contribution in [2.75, 3.05) is 11.8 Å². The fourth-order valence-electron chi connectivity index (χ4n) is 2.91. The molecule has 0 atom stereocenters. The summed E-state index contributed by atoms with van der Waals surface area (Å²) in [5.74, 6) is 0.0337. The van der Waals surface area contributed by atoms with Crippen molar-refractivity contribution in [1.29, 1.82) is 0 Å². The molecule has 3 aromatic carbocycles. The third kappa shape index (κ3) is 5.96. The molecule has 0 aliphatic carbocycles. The van der Waals surface area contributed by atoms with Crippen LogP contribution in [0.1, 0.15) is 21.5 Å². The zero-order valence-electron chi connectivity index (χ0n) is 17.1. The highest BCUT2D eigenvalue weighted by Gasteiger charge is 2.31. The van der Waals surface area contributed by atoms with Crippen LogP contribution in [0.3, 0.4) is 0 Å². The van der Waals surface area contributed by atoms with Crippen LogP contribution in [0.5, 0.6) is 5.75 Å². The van der Waals surface area contributed by atoms with E-state index in [4.69, 9.17) is 16.3 Å². The summed E-state index contributed by atoms with van der Waals surface area (Å²) in [7, 11) is -2.84. The van der Waals surface area contributed by atoms with Gasteiger partial charge in [0.25, 0.3) is 15.9 Å². The number of carbonyl (C=O) groups is 1. The first-order chi connectivity index (χ1) is 15.5. The van der Waals surface area contributed by atoms with Gasteiger partial charge in [-0.15, -0.1) is 0 Å². The third-order valence-corrected chi connectivity index (χ3v) is 6.27. The van der Waals surface area contributed by atoms with E-state index >= 15 is 0 Å². The summed E-state index contributed by atoms with van der Waals surface area (Å²) in [5.41, 5.74) is -0.729. The van der Waals surface area contributed by atoms with Gasteiger partial charge in [-0.25, -0.2) is 8.42 Å². The van der Waals surface area contributed by atoms with E-state index in [9.17, 15) is 26.4 Å². The first kappa shape index (κ1) is 24.4. The molecule has 0 aromatic heterocycles. The maximum absolute atomic E-state index is 13.0. The third-order valence-electron chi connectivity index (χ3n) is 4.58. The average molecular weight is 499 g/mol. The Labute approximate surface area is 193 Å². The van der Waals surface area contributed by atoms with Crippen LogP contribution in [0, 0.1) is 0 Å². The molecular weight excluding hydrogens is 481 g/mol. The number of hydrogen-bond donors (Lipinski definition) is 2. The van der Waals surface area contributed by atoms with Gasteiger partial charge in [0.2, 0.25) is 0 Å². The average Bonchev–Trinajstić information content (AvgIpc) is 2.78. The molecule has 0 fully saturated rings. The highest BCUT2D eigenvalue weighted by atomic mass is 35.5. The number of hydrogen-bond acceptors (Lipinski definition) is 4. The molecule has 0 spiro atoms. The number of halogens is 4. The van der Waals surface area contributed by atoms with E-state index in [1.165, 1.54) is 25.3 Å². The second-order valence-electron chi connectivity index (χ2n) is 6.82. The molecule has 2 N–H and O–H groups in total. The minimum Gasteiger partial charge on any atom is -0.496 e. The van der Waals surface area contributed by atoms with Crippen molar-refractivity contribution < 1.29 is 31.1 Å². The Balaban J connectivity index is 1.80. The Morgan fingerprint density at radius 2 is 1.76 bits per heavy atom. The van der Waals surface area contributed by atoms with E-state index in [2.05, 4.69) is 5.32 Å². The van der Waals surface area contributed by atoms with Crippen LogP contribution in [0.25, 0.3) is 0 Å². The lowest BCUT2D eigenvalue weighted by Gasteiger charge is -2.13. The molecule has 11 heteroatoms. The van der Waals surface area contributed by atoms with Gasteiger partial charge in [0.05, 0.1) is 28.3 Å². The second kappa shape index (κ2) is 9.72. The van der Waals surface area contributed by atoms with Crippen molar-refractivity contribution in [2.45, 2.75) is 17.6 Å². The first-order valence-corrected chi connectivity index (χ1v) is 11.3. The number of para-hydroxylation sites is 1. The predicted molar refractivity (Wildman–Crippen MR) is 118 cm³/mol. The summed E-state index contributed by atoms with van der Waals surface area (Å²) in [6.45, 7) is 0.137. The number of methoxy groups -OCH3 is 1. The maximum atomic E-state index is 13.0. The summed E-state index contributed by atoms with van der Waals surface area (Å²) >= 11 is 5.88. The highest BCUT2D eigenvalue weighted by molar-refractivity contribution is 7.92. The Kier molecular flexibility index (Phi) is 7.19. The number of sulfonamides is 1. The summed E-state index contributed by atoms with van der Waals surface area (Å²) in [4.78, 5) is 12.2. The number of amides is 1. The monoisotopic (exact) mass is 498 g/mol. The molecule has 0 heterocycles. The van der Waals surface area contributed by atoms with Crippen LogP contribution in [0.4, 0.5) is 18.9 Å². The van der Waals surface area contributed by atoms with Gasteiger partial charge < -0.3 is 10.1 Å². The van der Waals surface area contributed by atoms with Crippen molar-refractivity contribution in [3.63, 3.8) is 0 Å². The zero-order chi connectivity index (χ0) is 24.2. The number of nitrogens with one attached hydrogen (secondary N) is 2. The van der Waals surface area contributed by atoms with E-state index in [0.717, 1.165) is 23.8 Å². The molecule has 3 aromatic rings. The fourth-order valence-corrected chi connectivity index (χ4v) is 4.25. The normalized spacial score (nSPS) is 11.7. The number of anilines is 1. The van der Waals surface area contributed by atoms with E-state index in [0.29, 0.717) is 11.8 Å². The van der Waals surface area contributed by atoms with Gasteiger partial charge in [-0.2, -0.15) is 13.2 Å². The Morgan fingerprint density at radius 1 is 1.03 bits per heavy atom. The Bertz CT molecular complexity index is 1280. The van der Waals surface area contributed by atoms with Crippen molar-refractivity contribution in [3.05, 3.63) is 88.4 Å². The maximum Gasteiger partial charge on any atom is 0.416 e. The second-order valence-corrected chi connectivity index (χ2v) is 8.91. The molecule has 174 valence electrons. The number of carbonyl (C=O) groups excluding carboxylic acids is 1. The first-order valence-electron chi connectivity index (χ1n) is 9.41. The SMILES string of the molecule is COc1ccccc1CNC(=O)c1cccc(S(=O)(=O)Nc2cc(C(F)(F)F)ccc2Cl)c1. The lowest BCUT2D eigenvalue weighted by Crippen LogP contribution is -2.23. The van der Waals surface area contributed by atoms with E-state index in [1.807, 2.05) is 4.72 Å². The van der Waals surface area contributed by atoms with Crippen LogP contribution in [0.15, 0.2) is 71.6 Å². The van der Waals surface area contributed by atoms with Crippen LogP contribution in [-0.2, 0) is 22.7 Å². The summed E-state index contributed by atoms with van der Waals surface area (Å²) in [6.07, 6.45) is -4.68. The molecular formula is C22H18ClF3N2O4S. The van der Waals surface area contributed by atoms with Crippen LogP contribution >= 0.6 is 11.6 Å². The summed E-state index contributed by atoms with van der Waals surface area (Å²) < 4.78 is 71.7. The van der Waals surface area contributed by atoms with Gasteiger partial charge in [-0.3, -0.25) is 9.52 Å². The minimum absolute atomic E-state index is 0.0444. The van der Waals surface area contributed by atoms with Crippen molar-refractivity contribution in [2.24, 2.45) is 0 Å². The number of rotatable bonds is 7. The molecule has 0 saturated carbocycles. The van der Waals surface area contributed by atoms with Gasteiger partial charge >= 0.3 is 6.18 Å². The van der Waals surface area contributed by atoms with Gasteiger partial charge in [-0.1, -0.05) is 35.9 Å². The van der Waals surface area contributed by atoms with Crippen LogP contribution < -0.4 is 14.8 Å². The molecule has 0 aliphatic heterocycles.